The van der Waals surface area contributed by atoms with E-state index in [4.69, 9.17) is 4.74 Å². The Balaban J connectivity index is 2.48. The second-order valence-electron chi connectivity index (χ2n) is 5.06. The van der Waals surface area contributed by atoms with Gasteiger partial charge in [-0.05, 0) is 43.5 Å². The Hall–Kier alpha value is -1.07. The van der Waals surface area contributed by atoms with Gasteiger partial charge in [-0.2, -0.15) is 0 Å². The lowest BCUT2D eigenvalue weighted by Crippen LogP contribution is -2.31. The van der Waals surface area contributed by atoms with Gasteiger partial charge in [-0.25, -0.2) is 8.42 Å². The maximum Gasteiger partial charge on any atom is 0.147 e. The maximum atomic E-state index is 11.2. The lowest BCUT2D eigenvalue weighted by molar-refractivity contribution is 0.414. The number of rotatable bonds is 9. The highest BCUT2D eigenvalue weighted by atomic mass is 32.2. The molecule has 0 fully saturated rings. The summed E-state index contributed by atoms with van der Waals surface area (Å²) >= 11 is 0. The summed E-state index contributed by atoms with van der Waals surface area (Å²) in [5, 5.41) is 3.36. The van der Waals surface area contributed by atoms with Gasteiger partial charge >= 0.3 is 0 Å². The summed E-state index contributed by atoms with van der Waals surface area (Å²) in [6.07, 6.45) is 3.84. The highest BCUT2D eigenvalue weighted by Gasteiger charge is 2.11. The topological polar surface area (TPSA) is 55.4 Å². The molecule has 0 aliphatic rings. The van der Waals surface area contributed by atoms with Gasteiger partial charge in [-0.3, -0.25) is 0 Å². The van der Waals surface area contributed by atoms with E-state index in [2.05, 4.69) is 17.4 Å². The molecule has 4 nitrogen and oxygen atoms in total. The van der Waals surface area contributed by atoms with Crippen LogP contribution in [0.25, 0.3) is 0 Å². The van der Waals surface area contributed by atoms with Gasteiger partial charge in [0.15, 0.2) is 0 Å². The minimum absolute atomic E-state index is 0.243. The summed E-state index contributed by atoms with van der Waals surface area (Å²) < 4.78 is 27.6. The normalized spacial score (nSPS) is 13.2. The molecule has 0 amide bonds. The zero-order chi connectivity index (χ0) is 15.0. The average Bonchev–Trinajstić information content (AvgIpc) is 2.41. The van der Waals surface area contributed by atoms with Crippen molar-refractivity contribution < 1.29 is 13.2 Å². The van der Waals surface area contributed by atoms with Gasteiger partial charge < -0.3 is 10.1 Å². The Kier molecular flexibility index (Phi) is 7.02. The van der Waals surface area contributed by atoms with Gasteiger partial charge in [-0.1, -0.05) is 19.1 Å². The number of nitrogens with one attached hydrogen (secondary N) is 1. The highest BCUT2D eigenvalue weighted by Crippen LogP contribution is 2.14. The molecule has 0 aliphatic heterocycles. The molecule has 5 heteroatoms. The first-order chi connectivity index (χ1) is 9.44. The Bertz CT molecular complexity index is 482. The summed E-state index contributed by atoms with van der Waals surface area (Å²) in [5.41, 5.74) is 1.24. The molecule has 1 N–H and O–H groups in total. The Morgan fingerprint density at radius 1 is 1.20 bits per heavy atom. The molecule has 0 aliphatic carbocycles. The van der Waals surface area contributed by atoms with Crippen LogP contribution in [-0.4, -0.2) is 40.1 Å². The molecule has 1 aromatic rings. The smallest absolute Gasteiger partial charge is 0.147 e. The van der Waals surface area contributed by atoms with E-state index in [9.17, 15) is 8.42 Å². The first-order valence-corrected chi connectivity index (χ1v) is 9.04. The van der Waals surface area contributed by atoms with Crippen LogP contribution in [0.5, 0.6) is 5.75 Å². The minimum Gasteiger partial charge on any atom is -0.497 e. The molecular weight excluding hydrogens is 274 g/mol. The first kappa shape index (κ1) is 17.0. The fourth-order valence-corrected chi connectivity index (χ4v) is 2.84. The van der Waals surface area contributed by atoms with Crippen LogP contribution in [0, 0.1) is 0 Å². The van der Waals surface area contributed by atoms with Gasteiger partial charge in [-0.15, -0.1) is 0 Å². The van der Waals surface area contributed by atoms with E-state index in [-0.39, 0.29) is 11.8 Å². The average molecular weight is 299 g/mol. The lowest BCUT2D eigenvalue weighted by Gasteiger charge is -2.17. The molecule has 1 aromatic carbocycles. The number of hydrogen-bond acceptors (Lipinski definition) is 4. The van der Waals surface area contributed by atoms with E-state index in [1.807, 2.05) is 19.1 Å². The van der Waals surface area contributed by atoms with Crippen LogP contribution in [0.1, 0.15) is 25.3 Å². The third-order valence-electron chi connectivity index (χ3n) is 3.27. The van der Waals surface area contributed by atoms with Gasteiger partial charge in [0.1, 0.15) is 15.6 Å². The van der Waals surface area contributed by atoms with E-state index in [0.29, 0.717) is 6.42 Å². The van der Waals surface area contributed by atoms with Crippen molar-refractivity contribution >= 4 is 9.84 Å². The zero-order valence-corrected chi connectivity index (χ0v) is 13.4. The molecule has 114 valence electrons. The molecule has 1 unspecified atom stereocenters. The van der Waals surface area contributed by atoms with Gasteiger partial charge in [0.25, 0.3) is 0 Å². The Morgan fingerprint density at radius 3 is 2.35 bits per heavy atom. The van der Waals surface area contributed by atoms with Crippen molar-refractivity contribution in [2.24, 2.45) is 0 Å². The fourth-order valence-electron chi connectivity index (χ4n) is 2.13. The summed E-state index contributed by atoms with van der Waals surface area (Å²) in [4.78, 5) is 0. The third kappa shape index (κ3) is 6.91. The predicted octanol–water partition coefficient (Wildman–Crippen LogP) is 2.04. The van der Waals surface area contributed by atoms with Crippen LogP contribution >= 0.6 is 0 Å². The fraction of sp³-hybridized carbons (Fsp3) is 0.600. The lowest BCUT2D eigenvalue weighted by atomic mass is 10.0. The summed E-state index contributed by atoms with van der Waals surface area (Å²) in [6, 6.07) is 8.26. The van der Waals surface area contributed by atoms with Crippen molar-refractivity contribution in [3.8, 4) is 5.75 Å². The van der Waals surface area contributed by atoms with Crippen molar-refractivity contribution in [1.29, 1.82) is 0 Å². The molecule has 0 radical (unpaired) electrons. The van der Waals surface area contributed by atoms with E-state index in [1.54, 1.807) is 7.11 Å². The molecule has 0 bridgehead atoms. The maximum absolute atomic E-state index is 11.2. The largest absolute Gasteiger partial charge is 0.497 e. The third-order valence-corrected chi connectivity index (χ3v) is 4.25. The van der Waals surface area contributed by atoms with E-state index in [1.165, 1.54) is 11.8 Å². The van der Waals surface area contributed by atoms with Crippen molar-refractivity contribution in [1.82, 2.24) is 5.32 Å². The van der Waals surface area contributed by atoms with E-state index < -0.39 is 9.84 Å². The van der Waals surface area contributed by atoms with Crippen LogP contribution in [0.15, 0.2) is 24.3 Å². The standard InChI is InChI=1S/C15H25NO3S/c1-4-16-14(11-12-20(3,17)18)8-5-13-6-9-15(19-2)10-7-13/h6-7,9-10,14,16H,4-5,8,11-12H2,1-3H3. The molecule has 0 aromatic heterocycles. The second kappa shape index (κ2) is 8.27. The van der Waals surface area contributed by atoms with Crippen molar-refractivity contribution in [3.63, 3.8) is 0 Å². The van der Waals surface area contributed by atoms with Crippen LogP contribution < -0.4 is 10.1 Å². The molecule has 20 heavy (non-hydrogen) atoms. The number of sulfone groups is 1. The number of hydrogen-bond donors (Lipinski definition) is 1. The SMILES string of the molecule is CCNC(CCc1ccc(OC)cc1)CCS(C)(=O)=O. The van der Waals surface area contributed by atoms with Crippen LogP contribution in [0.2, 0.25) is 0 Å². The van der Waals surface area contributed by atoms with E-state index in [0.717, 1.165) is 25.1 Å². The van der Waals surface area contributed by atoms with Crippen LogP contribution in [0.3, 0.4) is 0 Å². The van der Waals surface area contributed by atoms with Crippen molar-refractivity contribution in [2.75, 3.05) is 25.7 Å². The molecule has 0 saturated heterocycles. The summed E-state index contributed by atoms with van der Waals surface area (Å²) in [5.74, 6) is 1.10. The van der Waals surface area contributed by atoms with E-state index >= 15 is 0 Å². The molecule has 1 rings (SSSR count). The number of methoxy groups -OCH3 is 1. The summed E-state index contributed by atoms with van der Waals surface area (Å²) in [7, 11) is -1.23. The molecule has 0 heterocycles. The molecule has 0 spiro atoms. The number of aryl methyl sites for hydroxylation is 1. The zero-order valence-electron chi connectivity index (χ0n) is 12.6. The summed E-state index contributed by atoms with van der Waals surface area (Å²) in [6.45, 7) is 2.90. The van der Waals surface area contributed by atoms with Crippen molar-refractivity contribution in [2.45, 2.75) is 32.2 Å². The molecular formula is C15H25NO3S. The van der Waals surface area contributed by atoms with Gasteiger partial charge in [0.2, 0.25) is 0 Å². The minimum atomic E-state index is -2.89. The predicted molar refractivity (Wildman–Crippen MR) is 83.1 cm³/mol. The molecule has 1 atom stereocenters. The quantitative estimate of drug-likeness (QED) is 0.758. The number of benzene rings is 1. The Labute approximate surface area is 122 Å². The first-order valence-electron chi connectivity index (χ1n) is 6.98. The van der Waals surface area contributed by atoms with Gasteiger partial charge in [0.05, 0.1) is 12.9 Å². The van der Waals surface area contributed by atoms with Crippen LogP contribution in [-0.2, 0) is 16.3 Å². The second-order valence-corrected chi connectivity index (χ2v) is 7.32. The van der Waals surface area contributed by atoms with Crippen molar-refractivity contribution in [3.05, 3.63) is 29.8 Å². The monoisotopic (exact) mass is 299 g/mol. The Morgan fingerprint density at radius 2 is 1.85 bits per heavy atom. The highest BCUT2D eigenvalue weighted by molar-refractivity contribution is 7.90. The number of ether oxygens (including phenoxy) is 1. The van der Waals surface area contributed by atoms with Gasteiger partial charge in [0, 0.05) is 12.3 Å². The molecule has 0 saturated carbocycles. The van der Waals surface area contributed by atoms with Crippen LogP contribution in [0.4, 0.5) is 0 Å².